The monoisotopic (exact) mass is 302 g/mol. The van der Waals surface area contributed by atoms with Gasteiger partial charge in [0.25, 0.3) is 5.69 Å². The van der Waals surface area contributed by atoms with Crippen molar-refractivity contribution in [1.29, 1.82) is 0 Å². The molecule has 0 aliphatic carbocycles. The van der Waals surface area contributed by atoms with Crippen molar-refractivity contribution < 1.29 is 14.3 Å². The largest absolute Gasteiger partial charge is 0.456 e. The lowest BCUT2D eigenvalue weighted by Crippen LogP contribution is -1.94. The van der Waals surface area contributed by atoms with Crippen LogP contribution in [0.3, 0.4) is 0 Å². The van der Waals surface area contributed by atoms with Crippen molar-refractivity contribution in [1.82, 2.24) is 0 Å². The molecule has 2 aromatic rings. The molecule has 0 aliphatic heterocycles. The molecule has 0 fully saturated rings. The second-order valence-corrected chi connectivity index (χ2v) is 4.96. The first kappa shape index (κ1) is 15.4. The Balaban J connectivity index is 2.44. The summed E-state index contributed by atoms with van der Waals surface area (Å²) in [7, 11) is 0. The fraction of sp³-hybridized carbons (Fsp3) is 0.200. The number of nitro benzene ring substituents is 1. The zero-order valence-electron chi connectivity index (χ0n) is 12.3. The molecule has 7 heteroatoms. The second-order valence-electron chi connectivity index (χ2n) is 4.96. The SMILES string of the molecule is C/C(=C\c1ccc(-c2cc(C)c([N+](=O)[O-])cc2C)o1)[N+](=O)[O-]. The van der Waals surface area contributed by atoms with Crippen LogP contribution in [0.4, 0.5) is 5.69 Å². The minimum atomic E-state index is -0.497. The van der Waals surface area contributed by atoms with E-state index in [1.165, 1.54) is 19.1 Å². The lowest BCUT2D eigenvalue weighted by atomic mass is 10.0. The molecule has 0 radical (unpaired) electrons. The summed E-state index contributed by atoms with van der Waals surface area (Å²) in [4.78, 5) is 20.6. The highest BCUT2D eigenvalue weighted by Crippen LogP contribution is 2.31. The molecule has 114 valence electrons. The Morgan fingerprint density at radius 1 is 1.14 bits per heavy atom. The van der Waals surface area contributed by atoms with Gasteiger partial charge in [-0.05, 0) is 37.6 Å². The van der Waals surface area contributed by atoms with Crippen molar-refractivity contribution in [3.05, 3.63) is 67.1 Å². The van der Waals surface area contributed by atoms with Gasteiger partial charge in [0.2, 0.25) is 5.70 Å². The topological polar surface area (TPSA) is 99.4 Å². The van der Waals surface area contributed by atoms with Crippen LogP contribution in [0.1, 0.15) is 23.8 Å². The molecule has 0 amide bonds. The molecule has 1 heterocycles. The van der Waals surface area contributed by atoms with Gasteiger partial charge in [-0.25, -0.2) is 0 Å². The van der Waals surface area contributed by atoms with Gasteiger partial charge in [-0.15, -0.1) is 0 Å². The van der Waals surface area contributed by atoms with Crippen molar-refractivity contribution in [2.75, 3.05) is 0 Å². The van der Waals surface area contributed by atoms with Gasteiger partial charge < -0.3 is 4.42 Å². The van der Waals surface area contributed by atoms with E-state index in [-0.39, 0.29) is 11.4 Å². The van der Waals surface area contributed by atoms with Gasteiger partial charge in [0.1, 0.15) is 11.5 Å². The number of nitro groups is 2. The number of hydrogen-bond donors (Lipinski definition) is 0. The number of benzene rings is 1. The van der Waals surface area contributed by atoms with Crippen LogP contribution in [-0.2, 0) is 0 Å². The van der Waals surface area contributed by atoms with E-state index in [1.54, 1.807) is 32.0 Å². The molecule has 0 spiro atoms. The third kappa shape index (κ3) is 3.03. The van der Waals surface area contributed by atoms with Crippen LogP contribution in [0.15, 0.2) is 34.4 Å². The van der Waals surface area contributed by atoms with Crippen LogP contribution in [0.5, 0.6) is 0 Å². The van der Waals surface area contributed by atoms with Gasteiger partial charge in [-0.1, -0.05) is 0 Å². The van der Waals surface area contributed by atoms with Crippen molar-refractivity contribution in [2.45, 2.75) is 20.8 Å². The Labute approximate surface area is 126 Å². The van der Waals surface area contributed by atoms with E-state index >= 15 is 0 Å². The van der Waals surface area contributed by atoms with Crippen LogP contribution >= 0.6 is 0 Å². The Kier molecular flexibility index (Phi) is 4.07. The maximum absolute atomic E-state index is 10.9. The molecule has 22 heavy (non-hydrogen) atoms. The number of rotatable bonds is 4. The normalized spacial score (nSPS) is 11.5. The summed E-state index contributed by atoms with van der Waals surface area (Å²) >= 11 is 0. The zero-order chi connectivity index (χ0) is 16.4. The summed E-state index contributed by atoms with van der Waals surface area (Å²) in [6.07, 6.45) is 1.33. The molecule has 0 aliphatic rings. The van der Waals surface area contributed by atoms with E-state index in [0.29, 0.717) is 22.6 Å². The second kappa shape index (κ2) is 5.80. The molecule has 7 nitrogen and oxygen atoms in total. The van der Waals surface area contributed by atoms with Gasteiger partial charge in [0.15, 0.2) is 0 Å². The third-order valence-electron chi connectivity index (χ3n) is 3.27. The van der Waals surface area contributed by atoms with Crippen molar-refractivity contribution >= 4 is 11.8 Å². The Bertz CT molecular complexity index is 789. The van der Waals surface area contributed by atoms with Crippen LogP contribution in [0, 0.1) is 34.1 Å². The first-order valence-electron chi connectivity index (χ1n) is 6.48. The minimum Gasteiger partial charge on any atom is -0.456 e. The summed E-state index contributed by atoms with van der Waals surface area (Å²) in [5.41, 5.74) is 1.98. The predicted molar refractivity (Wildman–Crippen MR) is 80.9 cm³/mol. The van der Waals surface area contributed by atoms with E-state index in [1.807, 2.05) is 0 Å². The molecular weight excluding hydrogens is 288 g/mol. The number of allylic oxidation sites excluding steroid dienone is 1. The highest BCUT2D eigenvalue weighted by molar-refractivity contribution is 5.67. The smallest absolute Gasteiger partial charge is 0.272 e. The standard InChI is InChI=1S/C15H14N2O5/c1-9-7-14(17(20)21)10(2)6-13(9)15-5-4-12(22-15)8-11(3)16(18)19/h4-8H,1-3H3/b11-8+. The van der Waals surface area contributed by atoms with Gasteiger partial charge in [0, 0.05) is 24.1 Å². The molecule has 0 atom stereocenters. The first-order chi connectivity index (χ1) is 10.3. The summed E-state index contributed by atoms with van der Waals surface area (Å²) < 4.78 is 5.58. The van der Waals surface area contributed by atoms with E-state index in [4.69, 9.17) is 4.42 Å². The third-order valence-corrected chi connectivity index (χ3v) is 3.27. The summed E-state index contributed by atoms with van der Waals surface area (Å²) in [6.45, 7) is 4.78. The molecule has 0 bridgehead atoms. The molecule has 0 saturated heterocycles. The molecular formula is C15H14N2O5. The average molecular weight is 302 g/mol. The summed E-state index contributed by atoms with van der Waals surface area (Å²) in [6, 6.07) is 6.48. The molecule has 0 saturated carbocycles. The molecule has 0 N–H and O–H groups in total. The van der Waals surface area contributed by atoms with Crippen LogP contribution < -0.4 is 0 Å². The van der Waals surface area contributed by atoms with E-state index in [0.717, 1.165) is 5.56 Å². The quantitative estimate of drug-likeness (QED) is 0.625. The first-order valence-corrected chi connectivity index (χ1v) is 6.48. The lowest BCUT2D eigenvalue weighted by Gasteiger charge is -2.05. The van der Waals surface area contributed by atoms with Crippen LogP contribution in [0.2, 0.25) is 0 Å². The molecule has 1 aromatic carbocycles. The fourth-order valence-corrected chi connectivity index (χ4v) is 2.10. The molecule has 2 rings (SSSR count). The summed E-state index contributed by atoms with van der Waals surface area (Å²) in [5, 5.41) is 21.5. The molecule has 0 unspecified atom stereocenters. The van der Waals surface area contributed by atoms with Crippen LogP contribution in [0.25, 0.3) is 17.4 Å². The number of nitrogens with zero attached hydrogens (tertiary/aromatic N) is 2. The van der Waals surface area contributed by atoms with Crippen molar-refractivity contribution in [3.63, 3.8) is 0 Å². The number of aryl methyl sites for hydroxylation is 2. The Morgan fingerprint density at radius 2 is 1.82 bits per heavy atom. The predicted octanol–water partition coefficient (Wildman–Crippen LogP) is 4.11. The average Bonchev–Trinajstić information content (AvgIpc) is 2.88. The minimum absolute atomic E-state index is 0.0301. The highest BCUT2D eigenvalue weighted by Gasteiger charge is 2.16. The van der Waals surface area contributed by atoms with Crippen molar-refractivity contribution in [3.8, 4) is 11.3 Å². The lowest BCUT2D eigenvalue weighted by molar-refractivity contribution is -0.422. The van der Waals surface area contributed by atoms with E-state index < -0.39 is 9.85 Å². The maximum Gasteiger partial charge on any atom is 0.272 e. The van der Waals surface area contributed by atoms with Crippen molar-refractivity contribution in [2.24, 2.45) is 0 Å². The van der Waals surface area contributed by atoms with E-state index in [2.05, 4.69) is 0 Å². The highest BCUT2D eigenvalue weighted by atomic mass is 16.6. The number of hydrogen-bond acceptors (Lipinski definition) is 5. The van der Waals surface area contributed by atoms with Crippen LogP contribution in [-0.4, -0.2) is 9.85 Å². The maximum atomic E-state index is 10.9. The Hall–Kier alpha value is -2.96. The van der Waals surface area contributed by atoms with Gasteiger partial charge >= 0.3 is 0 Å². The van der Waals surface area contributed by atoms with Gasteiger partial charge in [0.05, 0.1) is 15.9 Å². The van der Waals surface area contributed by atoms with Gasteiger partial charge in [-0.3, -0.25) is 20.2 Å². The Morgan fingerprint density at radius 3 is 2.41 bits per heavy atom. The zero-order valence-corrected chi connectivity index (χ0v) is 12.3. The van der Waals surface area contributed by atoms with E-state index in [9.17, 15) is 20.2 Å². The van der Waals surface area contributed by atoms with Gasteiger partial charge in [-0.2, -0.15) is 0 Å². The summed E-state index contributed by atoms with van der Waals surface area (Å²) in [5.74, 6) is 0.873. The fourth-order valence-electron chi connectivity index (χ4n) is 2.10. The molecule has 1 aromatic heterocycles. The number of furan rings is 1.